The number of carbonyl (C=O) groups is 2. The minimum Gasteiger partial charge on any atom is -0.351 e. The Morgan fingerprint density at radius 1 is 1.13 bits per heavy atom. The topological polar surface area (TPSA) is 113 Å². The van der Waals surface area contributed by atoms with E-state index in [1.807, 2.05) is 4.90 Å². The Morgan fingerprint density at radius 3 is 2.55 bits per heavy atom. The number of benzene rings is 2. The van der Waals surface area contributed by atoms with Crippen LogP contribution in [-0.4, -0.2) is 44.4 Å². The lowest BCUT2D eigenvalue weighted by Gasteiger charge is -2.44. The van der Waals surface area contributed by atoms with E-state index in [1.54, 1.807) is 18.2 Å². The fraction of sp³-hybridized carbons (Fsp3) is 0.364. The summed E-state index contributed by atoms with van der Waals surface area (Å²) >= 11 is 0. The van der Waals surface area contributed by atoms with Gasteiger partial charge in [-0.15, -0.1) is 0 Å². The summed E-state index contributed by atoms with van der Waals surface area (Å²) in [5.74, 6) is -0.310. The highest BCUT2D eigenvalue weighted by Gasteiger charge is 2.37. The molecule has 1 saturated heterocycles. The van der Waals surface area contributed by atoms with Crippen LogP contribution in [0.15, 0.2) is 47.4 Å². The molecule has 2 aliphatic heterocycles. The van der Waals surface area contributed by atoms with Gasteiger partial charge in [-0.1, -0.05) is 6.42 Å². The zero-order valence-electron chi connectivity index (χ0n) is 17.4. The van der Waals surface area contributed by atoms with Crippen LogP contribution in [0.3, 0.4) is 0 Å². The first-order valence-electron chi connectivity index (χ1n) is 10.5. The van der Waals surface area contributed by atoms with Crippen molar-refractivity contribution in [3.8, 4) is 0 Å². The van der Waals surface area contributed by atoms with Gasteiger partial charge in [0.05, 0.1) is 16.1 Å². The molecule has 1 fully saturated rings. The number of nitrogens with one attached hydrogen (secondary N) is 1. The van der Waals surface area contributed by atoms with Crippen molar-refractivity contribution in [3.63, 3.8) is 0 Å². The van der Waals surface area contributed by atoms with Crippen molar-refractivity contribution < 1.29 is 18.0 Å². The average Bonchev–Trinajstić information content (AvgIpc) is 3.00. The van der Waals surface area contributed by atoms with Crippen LogP contribution >= 0.6 is 0 Å². The maximum absolute atomic E-state index is 13.1. The fourth-order valence-electron chi connectivity index (χ4n) is 4.37. The first kappa shape index (κ1) is 21.3. The Kier molecular flexibility index (Phi) is 5.72. The van der Waals surface area contributed by atoms with Crippen molar-refractivity contribution in [1.29, 1.82) is 0 Å². The van der Waals surface area contributed by atoms with Crippen LogP contribution in [0.25, 0.3) is 0 Å². The minimum atomic E-state index is -3.79. The molecule has 0 unspecified atom stereocenters. The van der Waals surface area contributed by atoms with E-state index in [9.17, 15) is 18.0 Å². The highest BCUT2D eigenvalue weighted by molar-refractivity contribution is 7.89. The molecule has 3 N–H and O–H groups in total. The monoisotopic (exact) mass is 442 g/mol. The van der Waals surface area contributed by atoms with Gasteiger partial charge in [0.25, 0.3) is 11.8 Å². The Balaban J connectivity index is 1.61. The predicted molar refractivity (Wildman–Crippen MR) is 119 cm³/mol. The Hall–Kier alpha value is -2.91. The Morgan fingerprint density at radius 2 is 1.87 bits per heavy atom. The van der Waals surface area contributed by atoms with Gasteiger partial charge in [-0.2, -0.15) is 0 Å². The van der Waals surface area contributed by atoms with Gasteiger partial charge in [-0.25, -0.2) is 13.6 Å². The van der Waals surface area contributed by atoms with Crippen LogP contribution in [0, 0.1) is 0 Å². The van der Waals surface area contributed by atoms with E-state index in [0.717, 1.165) is 44.5 Å². The van der Waals surface area contributed by atoms with Crippen molar-refractivity contribution in [3.05, 3.63) is 53.6 Å². The number of carbonyl (C=O) groups excluding carboxylic acids is 2. The van der Waals surface area contributed by atoms with Crippen molar-refractivity contribution in [1.82, 2.24) is 4.90 Å². The molecule has 164 valence electrons. The standard InChI is InChI=1S/C22H26N4O4S/c1-2-25-19-14-15(21(27)24-16-8-10-17(11-9-16)31(23,29)30)7-12-18(19)22(28)26-13-5-3-4-6-20(25)26/h7-12,14,20H,2-6,13H2,1H3,(H,24,27)(H2,23,29,30)/t20-/m1/s1. The summed E-state index contributed by atoms with van der Waals surface area (Å²) in [6, 6.07) is 10.8. The second-order valence-corrected chi connectivity index (χ2v) is 9.43. The van der Waals surface area contributed by atoms with Crippen LogP contribution in [0.5, 0.6) is 0 Å². The third kappa shape index (κ3) is 4.15. The van der Waals surface area contributed by atoms with E-state index in [4.69, 9.17) is 5.14 Å². The molecule has 0 saturated carbocycles. The molecule has 2 amide bonds. The van der Waals surface area contributed by atoms with E-state index in [-0.39, 0.29) is 22.9 Å². The third-order valence-corrected chi connectivity index (χ3v) is 6.85. The lowest BCUT2D eigenvalue weighted by Crippen LogP contribution is -2.55. The summed E-state index contributed by atoms with van der Waals surface area (Å²) in [6.07, 6.45) is 4.16. The van der Waals surface area contributed by atoms with Gasteiger partial charge >= 0.3 is 0 Å². The molecule has 0 aromatic heterocycles. The number of nitrogens with two attached hydrogens (primary N) is 1. The number of hydrogen-bond acceptors (Lipinski definition) is 5. The van der Waals surface area contributed by atoms with Gasteiger partial charge in [-0.3, -0.25) is 9.59 Å². The summed E-state index contributed by atoms with van der Waals surface area (Å²) < 4.78 is 22.8. The fourth-order valence-corrected chi connectivity index (χ4v) is 4.89. The highest BCUT2D eigenvalue weighted by atomic mass is 32.2. The van der Waals surface area contributed by atoms with Gasteiger partial charge in [0.15, 0.2) is 0 Å². The SMILES string of the molecule is CCN1c2cc(C(=O)Nc3ccc(S(N)(=O)=O)cc3)ccc2C(=O)N2CCCCC[C@@H]21. The van der Waals surface area contributed by atoms with Crippen LogP contribution in [0.2, 0.25) is 0 Å². The maximum atomic E-state index is 13.1. The number of primary sulfonamides is 1. The molecule has 1 atom stereocenters. The van der Waals surface area contributed by atoms with Crippen molar-refractivity contribution in [2.75, 3.05) is 23.3 Å². The molecule has 2 aromatic rings. The molecule has 2 aliphatic rings. The summed E-state index contributed by atoms with van der Waals surface area (Å²) in [4.78, 5) is 30.1. The second-order valence-electron chi connectivity index (χ2n) is 7.87. The lowest BCUT2D eigenvalue weighted by atomic mass is 10.0. The number of fused-ring (bicyclic) bond motifs is 2. The van der Waals surface area contributed by atoms with Gasteiger partial charge < -0.3 is 15.1 Å². The Labute approximate surface area is 182 Å². The lowest BCUT2D eigenvalue weighted by molar-refractivity contribution is 0.0656. The molecule has 8 nitrogen and oxygen atoms in total. The number of sulfonamides is 1. The molecule has 0 aliphatic carbocycles. The number of nitrogens with zero attached hydrogens (tertiary/aromatic N) is 2. The van der Waals surface area contributed by atoms with Crippen LogP contribution in [0.1, 0.15) is 53.3 Å². The molecule has 2 heterocycles. The average molecular weight is 443 g/mol. The van der Waals surface area contributed by atoms with Gasteiger partial charge in [0, 0.05) is 24.3 Å². The first-order chi connectivity index (χ1) is 14.8. The quantitative estimate of drug-likeness (QED) is 0.756. The molecule has 0 radical (unpaired) electrons. The summed E-state index contributed by atoms with van der Waals surface area (Å²) in [5, 5.41) is 7.87. The largest absolute Gasteiger partial charge is 0.351 e. The number of rotatable bonds is 4. The molecule has 0 spiro atoms. The van der Waals surface area contributed by atoms with E-state index < -0.39 is 10.0 Å². The van der Waals surface area contributed by atoms with Gasteiger partial charge in [0.1, 0.15) is 6.17 Å². The molecule has 2 aromatic carbocycles. The van der Waals surface area contributed by atoms with Crippen LogP contribution in [0.4, 0.5) is 11.4 Å². The summed E-state index contributed by atoms with van der Waals surface area (Å²) in [7, 11) is -3.79. The van der Waals surface area contributed by atoms with E-state index in [0.29, 0.717) is 16.8 Å². The van der Waals surface area contributed by atoms with Crippen LogP contribution in [-0.2, 0) is 10.0 Å². The van der Waals surface area contributed by atoms with Crippen molar-refractivity contribution in [2.24, 2.45) is 5.14 Å². The minimum absolute atomic E-state index is 0.0238. The van der Waals surface area contributed by atoms with Crippen molar-refractivity contribution in [2.45, 2.75) is 43.7 Å². The number of amides is 2. The smallest absolute Gasteiger partial charge is 0.257 e. The molecule has 0 bridgehead atoms. The molecule has 4 rings (SSSR count). The number of hydrogen-bond donors (Lipinski definition) is 2. The zero-order valence-corrected chi connectivity index (χ0v) is 18.2. The zero-order chi connectivity index (χ0) is 22.2. The molecular formula is C22H26N4O4S. The van der Waals surface area contributed by atoms with E-state index in [2.05, 4.69) is 17.1 Å². The predicted octanol–water partition coefficient (Wildman–Crippen LogP) is 2.77. The second kappa shape index (κ2) is 8.32. The first-order valence-corrected chi connectivity index (χ1v) is 12.0. The van der Waals surface area contributed by atoms with Gasteiger partial charge in [0.2, 0.25) is 10.0 Å². The maximum Gasteiger partial charge on any atom is 0.257 e. The normalized spacial score (nSPS) is 18.8. The molecule has 31 heavy (non-hydrogen) atoms. The number of anilines is 2. The van der Waals surface area contributed by atoms with E-state index >= 15 is 0 Å². The van der Waals surface area contributed by atoms with Crippen molar-refractivity contribution >= 4 is 33.2 Å². The van der Waals surface area contributed by atoms with Gasteiger partial charge in [-0.05, 0) is 68.7 Å². The summed E-state index contributed by atoms with van der Waals surface area (Å²) in [6.45, 7) is 3.56. The molecule has 9 heteroatoms. The third-order valence-electron chi connectivity index (χ3n) is 5.92. The Bertz CT molecular complexity index is 1110. The highest BCUT2D eigenvalue weighted by Crippen LogP contribution is 2.35. The summed E-state index contributed by atoms with van der Waals surface area (Å²) in [5.41, 5.74) is 2.29. The van der Waals surface area contributed by atoms with E-state index in [1.165, 1.54) is 24.3 Å². The van der Waals surface area contributed by atoms with Crippen LogP contribution < -0.4 is 15.4 Å². The molecular weight excluding hydrogens is 416 g/mol.